The van der Waals surface area contributed by atoms with E-state index >= 15 is 0 Å². The molecule has 112 valence electrons. The minimum atomic E-state index is -3.67. The quantitative estimate of drug-likeness (QED) is 0.714. The van der Waals surface area contributed by atoms with Crippen LogP contribution in [-0.4, -0.2) is 36.3 Å². The van der Waals surface area contributed by atoms with Gasteiger partial charge in [-0.05, 0) is 24.3 Å². The number of pyridine rings is 1. The molecule has 7 heteroatoms. The molecule has 0 fully saturated rings. The van der Waals surface area contributed by atoms with Crippen molar-refractivity contribution in [1.82, 2.24) is 14.3 Å². The van der Waals surface area contributed by atoms with Crippen LogP contribution in [0.15, 0.2) is 40.2 Å². The van der Waals surface area contributed by atoms with Crippen molar-refractivity contribution in [2.75, 3.05) is 13.6 Å². The summed E-state index contributed by atoms with van der Waals surface area (Å²) in [6.07, 6.45) is 6.82. The second-order valence-corrected chi connectivity index (χ2v) is 6.94. The van der Waals surface area contributed by atoms with Crippen LogP contribution in [0.1, 0.15) is 0 Å². The van der Waals surface area contributed by atoms with Gasteiger partial charge >= 0.3 is 0 Å². The van der Waals surface area contributed by atoms with Gasteiger partial charge in [0, 0.05) is 29.5 Å². The Balaban J connectivity index is 2.29. The number of nitrogens with zero attached hydrogens (tertiary/aromatic N) is 1. The first-order valence-corrected chi connectivity index (χ1v) is 7.92. The molecule has 0 aliphatic rings. The molecular formula is C15H13N3O3S. The van der Waals surface area contributed by atoms with E-state index in [1.54, 1.807) is 24.4 Å². The zero-order valence-corrected chi connectivity index (χ0v) is 12.6. The van der Waals surface area contributed by atoms with Crippen LogP contribution in [0.2, 0.25) is 0 Å². The predicted molar refractivity (Wildman–Crippen MR) is 85.1 cm³/mol. The number of aromatic nitrogens is 2. The molecule has 3 rings (SSSR count). The van der Waals surface area contributed by atoms with Crippen LogP contribution in [0.4, 0.5) is 0 Å². The fraction of sp³-hybridized carbons (Fsp3) is 0.133. The first-order chi connectivity index (χ1) is 10.4. The highest BCUT2D eigenvalue weighted by molar-refractivity contribution is 7.89. The number of benzene rings is 1. The monoisotopic (exact) mass is 315 g/mol. The van der Waals surface area contributed by atoms with Gasteiger partial charge in [0.15, 0.2) is 0 Å². The molecule has 0 amide bonds. The summed E-state index contributed by atoms with van der Waals surface area (Å²) in [4.78, 5) is 17.6. The van der Waals surface area contributed by atoms with Gasteiger partial charge in [0.2, 0.25) is 10.0 Å². The molecule has 0 aliphatic heterocycles. The largest absolute Gasteiger partial charge is 0.357 e. The number of hydrogen-bond donors (Lipinski definition) is 2. The number of terminal acetylenes is 1. The van der Waals surface area contributed by atoms with Crippen LogP contribution < -0.4 is 5.56 Å². The molecule has 0 unspecified atom stereocenters. The van der Waals surface area contributed by atoms with E-state index in [-0.39, 0.29) is 17.0 Å². The van der Waals surface area contributed by atoms with E-state index in [4.69, 9.17) is 6.42 Å². The van der Waals surface area contributed by atoms with Crippen molar-refractivity contribution in [2.45, 2.75) is 4.90 Å². The summed E-state index contributed by atoms with van der Waals surface area (Å²) in [6.45, 7) is -0.00837. The van der Waals surface area contributed by atoms with Crippen LogP contribution in [-0.2, 0) is 10.0 Å². The third-order valence-electron chi connectivity index (χ3n) is 3.53. The van der Waals surface area contributed by atoms with E-state index in [2.05, 4.69) is 15.9 Å². The van der Waals surface area contributed by atoms with Gasteiger partial charge < -0.3 is 9.97 Å². The number of hydrogen-bond acceptors (Lipinski definition) is 3. The molecular weight excluding hydrogens is 302 g/mol. The lowest BCUT2D eigenvalue weighted by atomic mass is 10.1. The van der Waals surface area contributed by atoms with Crippen molar-refractivity contribution in [3.63, 3.8) is 0 Å². The Morgan fingerprint density at radius 1 is 1.27 bits per heavy atom. The Morgan fingerprint density at radius 2 is 2.05 bits per heavy atom. The number of aromatic amines is 2. The summed E-state index contributed by atoms with van der Waals surface area (Å²) in [5.41, 5.74) is 0.752. The Bertz CT molecular complexity index is 1070. The minimum Gasteiger partial charge on any atom is -0.357 e. The summed E-state index contributed by atoms with van der Waals surface area (Å²) in [7, 11) is -2.24. The number of H-pyrrole nitrogens is 2. The molecule has 0 saturated heterocycles. The molecule has 2 N–H and O–H groups in total. The molecule has 0 saturated carbocycles. The van der Waals surface area contributed by atoms with Crippen LogP contribution in [0, 0.1) is 12.3 Å². The van der Waals surface area contributed by atoms with Gasteiger partial charge in [0.1, 0.15) is 5.52 Å². The Morgan fingerprint density at radius 3 is 2.77 bits per heavy atom. The van der Waals surface area contributed by atoms with Gasteiger partial charge in [-0.1, -0.05) is 5.92 Å². The van der Waals surface area contributed by atoms with Crippen LogP contribution in [0.3, 0.4) is 0 Å². The molecule has 3 aromatic rings. The maximum Gasteiger partial charge on any atom is 0.272 e. The van der Waals surface area contributed by atoms with Gasteiger partial charge in [-0.3, -0.25) is 4.79 Å². The van der Waals surface area contributed by atoms with E-state index in [0.717, 1.165) is 4.31 Å². The van der Waals surface area contributed by atoms with Gasteiger partial charge in [-0.15, -0.1) is 6.42 Å². The number of sulfonamides is 1. The summed E-state index contributed by atoms with van der Waals surface area (Å²) >= 11 is 0. The molecule has 0 spiro atoms. The van der Waals surface area contributed by atoms with E-state index in [0.29, 0.717) is 21.8 Å². The predicted octanol–water partition coefficient (Wildman–Crippen LogP) is 1.26. The maximum atomic E-state index is 12.5. The first-order valence-electron chi connectivity index (χ1n) is 6.48. The second kappa shape index (κ2) is 5.02. The van der Waals surface area contributed by atoms with Crippen molar-refractivity contribution >= 4 is 31.8 Å². The lowest BCUT2D eigenvalue weighted by Gasteiger charge is -2.14. The zero-order chi connectivity index (χ0) is 15.9. The Labute approximate surface area is 126 Å². The first kappa shape index (κ1) is 14.4. The molecule has 2 aromatic heterocycles. The Kier molecular flexibility index (Phi) is 3.28. The van der Waals surface area contributed by atoms with E-state index in [1.807, 2.05) is 0 Å². The topological polar surface area (TPSA) is 86.0 Å². The summed E-state index contributed by atoms with van der Waals surface area (Å²) in [6, 6.07) is 6.33. The fourth-order valence-electron chi connectivity index (χ4n) is 2.38. The molecule has 22 heavy (non-hydrogen) atoms. The highest BCUT2D eigenvalue weighted by atomic mass is 32.2. The molecule has 0 aliphatic carbocycles. The van der Waals surface area contributed by atoms with Gasteiger partial charge in [0.25, 0.3) is 5.56 Å². The molecule has 6 nitrogen and oxygen atoms in total. The molecule has 0 atom stereocenters. The van der Waals surface area contributed by atoms with Gasteiger partial charge in [-0.25, -0.2) is 8.42 Å². The highest BCUT2D eigenvalue weighted by Crippen LogP contribution is 2.24. The normalized spacial score (nSPS) is 12.0. The molecule has 0 bridgehead atoms. The third kappa shape index (κ3) is 2.09. The van der Waals surface area contributed by atoms with Crippen molar-refractivity contribution in [1.29, 1.82) is 0 Å². The molecule has 2 heterocycles. The van der Waals surface area contributed by atoms with Crippen LogP contribution in [0.25, 0.3) is 21.8 Å². The lowest BCUT2D eigenvalue weighted by Crippen LogP contribution is -2.27. The van der Waals surface area contributed by atoms with Gasteiger partial charge in [0.05, 0.1) is 11.4 Å². The summed E-state index contributed by atoms with van der Waals surface area (Å²) < 4.78 is 26.0. The standard InChI is InChI=1S/C15H13N3O3S/c1-3-8-18(2)22(20,21)10-4-5-13-12(9-10)11-6-7-16-14(11)15(19)17-13/h1,4-7,9,16H,8H2,2H3,(H,17,19). The average Bonchev–Trinajstić information content (AvgIpc) is 2.97. The molecule has 1 aromatic carbocycles. The SMILES string of the molecule is C#CCN(C)S(=O)(=O)c1ccc2[nH]c(=O)c3[nH]ccc3c2c1. The maximum absolute atomic E-state index is 12.5. The molecule has 0 radical (unpaired) electrons. The smallest absolute Gasteiger partial charge is 0.272 e. The van der Waals surface area contributed by atoms with Gasteiger partial charge in [-0.2, -0.15) is 4.31 Å². The second-order valence-electron chi connectivity index (χ2n) is 4.89. The number of fused-ring (bicyclic) bond motifs is 3. The van der Waals surface area contributed by atoms with E-state index in [1.165, 1.54) is 13.1 Å². The van der Waals surface area contributed by atoms with Crippen molar-refractivity contribution in [3.8, 4) is 12.3 Å². The lowest BCUT2D eigenvalue weighted by molar-refractivity contribution is 0.503. The third-order valence-corrected chi connectivity index (χ3v) is 5.32. The number of rotatable bonds is 3. The zero-order valence-electron chi connectivity index (χ0n) is 11.8. The van der Waals surface area contributed by atoms with E-state index < -0.39 is 10.0 Å². The average molecular weight is 315 g/mol. The van der Waals surface area contributed by atoms with Crippen LogP contribution in [0.5, 0.6) is 0 Å². The summed E-state index contributed by atoms with van der Waals surface area (Å²) in [5, 5.41) is 1.33. The van der Waals surface area contributed by atoms with Crippen LogP contribution >= 0.6 is 0 Å². The number of nitrogens with one attached hydrogen (secondary N) is 2. The van der Waals surface area contributed by atoms with Crippen molar-refractivity contribution < 1.29 is 8.42 Å². The fourth-order valence-corrected chi connectivity index (χ4v) is 3.49. The summed E-state index contributed by atoms with van der Waals surface area (Å²) in [5.74, 6) is 2.31. The highest BCUT2D eigenvalue weighted by Gasteiger charge is 2.20. The minimum absolute atomic E-state index is 0.00837. The van der Waals surface area contributed by atoms with E-state index in [9.17, 15) is 13.2 Å². The Hall–Kier alpha value is -2.56. The van der Waals surface area contributed by atoms with Crippen molar-refractivity contribution in [3.05, 3.63) is 40.8 Å². The van der Waals surface area contributed by atoms with Crippen molar-refractivity contribution in [2.24, 2.45) is 0 Å².